The van der Waals surface area contributed by atoms with Crippen LogP contribution in [0.1, 0.15) is 90.7 Å². The number of fused-ring (bicyclic) bond motifs is 2. The molecule has 0 saturated carbocycles. The minimum Gasteiger partial charge on any atom is -0.494 e. The lowest BCUT2D eigenvalue weighted by Crippen LogP contribution is -2.09. The van der Waals surface area contributed by atoms with Gasteiger partial charge in [0.25, 0.3) is 0 Å². The first-order valence-electron chi connectivity index (χ1n) is 18.4. The largest absolute Gasteiger partial charge is 0.494 e. The van der Waals surface area contributed by atoms with E-state index in [0.717, 1.165) is 63.4 Å². The van der Waals surface area contributed by atoms with Crippen molar-refractivity contribution in [2.45, 2.75) is 64.4 Å². The summed E-state index contributed by atoms with van der Waals surface area (Å²) in [7, 11) is 0. The Hall–Kier alpha value is -5.68. The van der Waals surface area contributed by atoms with Gasteiger partial charge in [-0.2, -0.15) is 0 Å². The first-order chi connectivity index (χ1) is 25.5. The van der Waals surface area contributed by atoms with Crippen LogP contribution in [0, 0.1) is 0 Å². The van der Waals surface area contributed by atoms with E-state index in [1.54, 1.807) is 36.4 Å². The summed E-state index contributed by atoms with van der Waals surface area (Å²) in [5, 5.41) is 3.93. The monoisotopic (exact) mass is 690 g/mol. The van der Waals surface area contributed by atoms with Gasteiger partial charge in [-0.15, -0.1) is 6.58 Å². The highest BCUT2D eigenvalue weighted by molar-refractivity contribution is 5.97. The fourth-order valence-electron chi connectivity index (χ4n) is 6.34. The van der Waals surface area contributed by atoms with E-state index in [4.69, 9.17) is 14.2 Å². The lowest BCUT2D eigenvalue weighted by molar-refractivity contribution is 0.0338. The zero-order valence-corrected chi connectivity index (χ0v) is 29.9. The van der Waals surface area contributed by atoms with Gasteiger partial charge in [-0.1, -0.05) is 111 Å². The molecular formula is C47H46O5. The zero-order valence-electron chi connectivity index (χ0n) is 29.9. The predicted molar refractivity (Wildman–Crippen MR) is 211 cm³/mol. The average molecular weight is 691 g/mol. The second kappa shape index (κ2) is 18.0. The van der Waals surface area contributed by atoms with Gasteiger partial charge in [0.05, 0.1) is 17.7 Å². The first-order valence-corrected chi connectivity index (χ1v) is 18.4. The second-order valence-electron chi connectivity index (χ2n) is 13.3. The number of hydrogen-bond donors (Lipinski definition) is 0. The summed E-state index contributed by atoms with van der Waals surface area (Å²) in [4.78, 5) is 26.0. The van der Waals surface area contributed by atoms with Crippen molar-refractivity contribution in [2.75, 3.05) is 6.61 Å². The van der Waals surface area contributed by atoms with E-state index in [-0.39, 0.29) is 0 Å². The quantitative estimate of drug-likeness (QED) is 0.0412. The summed E-state index contributed by atoms with van der Waals surface area (Å²) in [6.07, 6.45) is 11.4. The maximum absolute atomic E-state index is 13.0. The molecule has 0 aromatic heterocycles. The second-order valence-corrected chi connectivity index (χ2v) is 13.3. The van der Waals surface area contributed by atoms with Crippen LogP contribution in [0.15, 0.2) is 140 Å². The average Bonchev–Trinajstić information content (AvgIpc) is 3.18. The van der Waals surface area contributed by atoms with Gasteiger partial charge < -0.3 is 14.2 Å². The number of ether oxygens (including phenoxy) is 3. The predicted octanol–water partition coefficient (Wildman–Crippen LogP) is 12.5. The van der Waals surface area contributed by atoms with Gasteiger partial charge in [-0.3, -0.25) is 0 Å². The van der Waals surface area contributed by atoms with E-state index in [9.17, 15) is 9.59 Å². The maximum Gasteiger partial charge on any atom is 0.343 e. The molecule has 0 bridgehead atoms. The highest BCUT2D eigenvalue weighted by Gasteiger charge is 2.16. The zero-order chi connectivity index (χ0) is 36.1. The van der Waals surface area contributed by atoms with Crippen LogP contribution >= 0.6 is 0 Å². The minimum atomic E-state index is -0.440. The van der Waals surface area contributed by atoms with E-state index < -0.39 is 18.0 Å². The smallest absolute Gasteiger partial charge is 0.343 e. The molecule has 0 fully saturated rings. The Morgan fingerprint density at radius 3 is 1.90 bits per heavy atom. The topological polar surface area (TPSA) is 61.8 Å². The molecule has 0 radical (unpaired) electrons. The first kappa shape index (κ1) is 36.1. The molecule has 6 aromatic rings. The Morgan fingerprint density at radius 1 is 0.577 bits per heavy atom. The van der Waals surface area contributed by atoms with Crippen LogP contribution in [0.2, 0.25) is 0 Å². The molecule has 5 nitrogen and oxygen atoms in total. The van der Waals surface area contributed by atoms with Gasteiger partial charge in [0.15, 0.2) is 0 Å². The summed E-state index contributed by atoms with van der Waals surface area (Å²) in [5.74, 6) is 0.460. The Balaban J connectivity index is 0.973. The van der Waals surface area contributed by atoms with Crippen LogP contribution in [-0.4, -0.2) is 18.5 Å². The van der Waals surface area contributed by atoms with E-state index in [1.807, 2.05) is 91.9 Å². The molecule has 0 N–H and O–H groups in total. The number of carbonyl (C=O) groups excluding carboxylic acids is 2. The van der Waals surface area contributed by atoms with Crippen molar-refractivity contribution in [2.24, 2.45) is 0 Å². The van der Waals surface area contributed by atoms with Gasteiger partial charge in [0.1, 0.15) is 17.6 Å². The number of unbranched alkanes of at least 4 members (excludes halogenated alkanes) is 7. The molecule has 264 valence electrons. The Morgan fingerprint density at radius 2 is 1.15 bits per heavy atom. The highest BCUT2D eigenvalue weighted by Crippen LogP contribution is 2.28. The van der Waals surface area contributed by atoms with E-state index in [2.05, 4.69) is 18.7 Å². The van der Waals surface area contributed by atoms with Crippen LogP contribution in [0.4, 0.5) is 0 Å². The van der Waals surface area contributed by atoms with Gasteiger partial charge in [0, 0.05) is 0 Å². The fraction of sp³-hybridized carbons (Fsp3) is 0.234. The van der Waals surface area contributed by atoms with Crippen LogP contribution in [-0.2, 0) is 4.74 Å². The van der Waals surface area contributed by atoms with Gasteiger partial charge in [-0.25, -0.2) is 9.59 Å². The number of benzene rings is 6. The summed E-state index contributed by atoms with van der Waals surface area (Å²) in [6.45, 7) is 6.39. The maximum atomic E-state index is 13.0. The van der Waals surface area contributed by atoms with Crippen molar-refractivity contribution in [1.29, 1.82) is 0 Å². The number of carbonyl (C=O) groups is 2. The molecule has 0 unspecified atom stereocenters. The molecule has 5 heteroatoms. The van der Waals surface area contributed by atoms with E-state index in [1.165, 1.54) is 38.5 Å². The number of esters is 2. The minimum absolute atomic E-state index is 0.395. The number of hydrogen-bond acceptors (Lipinski definition) is 5. The summed E-state index contributed by atoms with van der Waals surface area (Å²) in [5.41, 5.74) is 3.90. The molecule has 0 spiro atoms. The van der Waals surface area contributed by atoms with Crippen molar-refractivity contribution >= 4 is 33.5 Å². The molecule has 0 aliphatic carbocycles. The van der Waals surface area contributed by atoms with Crippen molar-refractivity contribution < 1.29 is 23.8 Å². The summed E-state index contributed by atoms with van der Waals surface area (Å²) < 4.78 is 17.5. The Labute approximate surface area is 306 Å². The third kappa shape index (κ3) is 9.76. The Bertz CT molecular complexity index is 2110. The molecule has 0 aliphatic rings. The lowest BCUT2D eigenvalue weighted by atomic mass is 10.0. The number of rotatable bonds is 17. The van der Waals surface area contributed by atoms with E-state index >= 15 is 0 Å². The van der Waals surface area contributed by atoms with E-state index in [0.29, 0.717) is 16.9 Å². The van der Waals surface area contributed by atoms with Crippen LogP contribution in [0.25, 0.3) is 32.7 Å². The molecule has 0 amide bonds. The molecule has 52 heavy (non-hydrogen) atoms. The third-order valence-corrected chi connectivity index (χ3v) is 9.41. The molecule has 0 saturated heterocycles. The third-order valence-electron chi connectivity index (χ3n) is 9.41. The molecule has 6 rings (SSSR count). The van der Waals surface area contributed by atoms with Crippen LogP contribution in [0.3, 0.4) is 0 Å². The van der Waals surface area contributed by atoms with Gasteiger partial charge in [-0.05, 0) is 119 Å². The van der Waals surface area contributed by atoms with Gasteiger partial charge >= 0.3 is 11.9 Å². The molecule has 6 aromatic carbocycles. The molecule has 1 atom stereocenters. The summed E-state index contributed by atoms with van der Waals surface area (Å²) in [6, 6.07) is 40.4. The number of allylic oxidation sites excluding steroid dienone is 1. The van der Waals surface area contributed by atoms with Crippen molar-refractivity contribution in [3.8, 4) is 22.6 Å². The lowest BCUT2D eigenvalue weighted by Gasteiger charge is -2.15. The van der Waals surface area contributed by atoms with Crippen molar-refractivity contribution in [3.63, 3.8) is 0 Å². The summed E-state index contributed by atoms with van der Waals surface area (Å²) >= 11 is 0. The van der Waals surface area contributed by atoms with Crippen molar-refractivity contribution in [3.05, 3.63) is 157 Å². The highest BCUT2D eigenvalue weighted by atomic mass is 16.5. The van der Waals surface area contributed by atoms with Crippen LogP contribution < -0.4 is 9.47 Å². The Kier molecular flexibility index (Phi) is 12.5. The van der Waals surface area contributed by atoms with Crippen LogP contribution in [0.5, 0.6) is 11.5 Å². The standard InChI is InChI=1S/C47H46O5/c1-3-4-5-6-7-8-9-10-13-30-50-44-27-24-37(25-28-44)36-16-19-38(20-17-36)46(48)52-45-29-26-41-32-43(23-22-42(41)33-45)47(49)51-34(2)39-21-18-35-14-11-12-15-40(35)31-39/h3,11-12,14-29,31-34H,1,4-10,13,30H2,2H3/t34-/m0/s1. The van der Waals surface area contributed by atoms with Gasteiger partial charge in [0.2, 0.25) is 0 Å². The normalized spacial score (nSPS) is 11.6. The molecule has 0 aliphatic heterocycles. The van der Waals surface area contributed by atoms with Crippen molar-refractivity contribution in [1.82, 2.24) is 0 Å². The fourth-order valence-corrected chi connectivity index (χ4v) is 6.34. The molecular weight excluding hydrogens is 645 g/mol. The molecule has 0 heterocycles. The SMILES string of the molecule is C=CCCCCCCCCCOc1ccc(-c2ccc(C(=O)Oc3ccc4cc(C(=O)O[C@@H](C)c5ccc6ccccc6c5)ccc4c3)cc2)cc1.